The lowest BCUT2D eigenvalue weighted by molar-refractivity contribution is 0.112. The number of ether oxygens (including phenoxy) is 2. The summed E-state index contributed by atoms with van der Waals surface area (Å²) in [6.45, 7) is 0.396. The molecule has 0 saturated heterocycles. The van der Waals surface area contributed by atoms with E-state index in [2.05, 4.69) is 0 Å². The van der Waals surface area contributed by atoms with E-state index in [1.54, 1.807) is 49.6 Å². The third kappa shape index (κ3) is 5.65. The third-order valence-corrected chi connectivity index (χ3v) is 3.50. The average molecular weight is 351 g/mol. The van der Waals surface area contributed by atoms with E-state index in [4.69, 9.17) is 20.3 Å². The molecule has 3 N–H and O–H groups in total. The fraction of sp³-hybridized carbons (Fsp3) is 0.0952. The molecular formula is C21H21NO4. The maximum Gasteiger partial charge on any atom is 0.150 e. The van der Waals surface area contributed by atoms with Gasteiger partial charge in [0, 0.05) is 17.7 Å². The van der Waals surface area contributed by atoms with Crippen molar-refractivity contribution in [3.63, 3.8) is 0 Å². The smallest absolute Gasteiger partial charge is 0.150 e. The van der Waals surface area contributed by atoms with Gasteiger partial charge in [0.25, 0.3) is 0 Å². The molecule has 0 amide bonds. The minimum absolute atomic E-state index is 0.278. The Morgan fingerprint density at radius 2 is 1.62 bits per heavy atom. The van der Waals surface area contributed by atoms with Gasteiger partial charge in [0.2, 0.25) is 0 Å². The molecule has 0 aliphatic heterocycles. The van der Waals surface area contributed by atoms with Crippen molar-refractivity contribution >= 4 is 6.29 Å². The summed E-state index contributed by atoms with van der Waals surface area (Å²) in [6, 6.07) is 21.3. The van der Waals surface area contributed by atoms with Crippen LogP contribution in [0.3, 0.4) is 0 Å². The number of hydrogen-bond acceptors (Lipinski definition) is 5. The largest absolute Gasteiger partial charge is 0.508 e. The van der Waals surface area contributed by atoms with E-state index in [0.717, 1.165) is 17.6 Å². The molecule has 0 bridgehead atoms. The van der Waals surface area contributed by atoms with Gasteiger partial charge in [0.1, 0.15) is 29.3 Å². The summed E-state index contributed by atoms with van der Waals surface area (Å²) in [5.74, 6) is 2.40. The highest BCUT2D eigenvalue weighted by Gasteiger charge is 1.99. The van der Waals surface area contributed by atoms with E-state index in [-0.39, 0.29) is 5.75 Å². The number of phenols is 1. The maximum atomic E-state index is 10.6. The van der Waals surface area contributed by atoms with Crippen LogP contribution in [0.15, 0.2) is 72.8 Å². The lowest BCUT2D eigenvalue weighted by Crippen LogP contribution is -1.95. The van der Waals surface area contributed by atoms with Gasteiger partial charge in [-0.05, 0) is 42.5 Å². The lowest BCUT2D eigenvalue weighted by Gasteiger charge is -2.06. The number of hydrogen-bond donors (Lipinski definition) is 2. The molecule has 0 radical (unpaired) electrons. The first-order valence-electron chi connectivity index (χ1n) is 8.00. The molecule has 0 fully saturated rings. The Bertz CT molecular complexity index is 831. The van der Waals surface area contributed by atoms with Gasteiger partial charge in [-0.15, -0.1) is 0 Å². The van der Waals surface area contributed by atoms with Crippen molar-refractivity contribution in [2.24, 2.45) is 5.73 Å². The summed E-state index contributed by atoms with van der Waals surface area (Å²) in [7, 11) is 1.61. The number of benzene rings is 3. The molecule has 26 heavy (non-hydrogen) atoms. The molecule has 0 aromatic heterocycles. The molecule has 0 spiro atoms. The molecule has 5 heteroatoms. The van der Waals surface area contributed by atoms with E-state index < -0.39 is 0 Å². The van der Waals surface area contributed by atoms with Gasteiger partial charge in [-0.3, -0.25) is 4.79 Å². The highest BCUT2D eigenvalue weighted by Crippen LogP contribution is 2.24. The molecule has 5 nitrogen and oxygen atoms in total. The average Bonchev–Trinajstić information content (AvgIpc) is 2.69. The van der Waals surface area contributed by atoms with Crippen LogP contribution in [0.25, 0.3) is 0 Å². The van der Waals surface area contributed by atoms with E-state index >= 15 is 0 Å². The van der Waals surface area contributed by atoms with Gasteiger partial charge in [-0.2, -0.15) is 0 Å². The first-order chi connectivity index (χ1) is 12.7. The van der Waals surface area contributed by atoms with Crippen molar-refractivity contribution < 1.29 is 19.4 Å². The zero-order chi connectivity index (χ0) is 18.8. The summed E-state index contributed by atoms with van der Waals surface area (Å²) in [5.41, 5.74) is 6.67. The van der Waals surface area contributed by atoms with Crippen LogP contribution in [0.2, 0.25) is 0 Å². The van der Waals surface area contributed by atoms with Crippen LogP contribution >= 0.6 is 0 Å². The second-order valence-electron chi connectivity index (χ2n) is 5.30. The number of rotatable bonds is 5. The molecule has 3 rings (SSSR count). The number of nitrogens with two attached hydrogens (primary N) is 1. The van der Waals surface area contributed by atoms with Crippen LogP contribution in [0.1, 0.15) is 15.9 Å². The molecule has 0 unspecified atom stereocenters. The number of phenolic OH excluding ortho intramolecular Hbond substituents is 1. The topological polar surface area (TPSA) is 81.8 Å². The van der Waals surface area contributed by atoms with Crippen LogP contribution in [0.5, 0.6) is 23.0 Å². The molecule has 3 aromatic rings. The van der Waals surface area contributed by atoms with Crippen molar-refractivity contribution in [2.45, 2.75) is 6.54 Å². The Kier molecular flexibility index (Phi) is 7.21. The van der Waals surface area contributed by atoms with E-state index in [0.29, 0.717) is 23.6 Å². The summed E-state index contributed by atoms with van der Waals surface area (Å²) in [5, 5.41) is 9.03. The van der Waals surface area contributed by atoms with Gasteiger partial charge >= 0.3 is 0 Å². The predicted octanol–water partition coefficient (Wildman–Crippen LogP) is 4.15. The highest BCUT2D eigenvalue weighted by atomic mass is 16.5. The monoisotopic (exact) mass is 351 g/mol. The molecule has 0 heterocycles. The van der Waals surface area contributed by atoms with E-state index in [1.807, 2.05) is 30.3 Å². The zero-order valence-electron chi connectivity index (χ0n) is 14.5. The number of aldehydes is 1. The highest BCUT2D eigenvalue weighted by molar-refractivity contribution is 5.75. The van der Waals surface area contributed by atoms with Gasteiger partial charge in [0.15, 0.2) is 0 Å². The van der Waals surface area contributed by atoms with E-state index in [9.17, 15) is 4.79 Å². The Morgan fingerprint density at radius 3 is 2.19 bits per heavy atom. The fourth-order valence-corrected chi connectivity index (χ4v) is 2.11. The van der Waals surface area contributed by atoms with Crippen molar-refractivity contribution in [1.82, 2.24) is 0 Å². The molecule has 0 saturated carbocycles. The fourth-order valence-electron chi connectivity index (χ4n) is 2.11. The first kappa shape index (κ1) is 19.0. The molecule has 0 aliphatic rings. The van der Waals surface area contributed by atoms with Crippen LogP contribution in [0, 0.1) is 0 Å². The summed E-state index contributed by atoms with van der Waals surface area (Å²) >= 11 is 0. The minimum Gasteiger partial charge on any atom is -0.508 e. The van der Waals surface area contributed by atoms with Crippen LogP contribution < -0.4 is 15.2 Å². The molecule has 134 valence electrons. The maximum absolute atomic E-state index is 10.6. The summed E-state index contributed by atoms with van der Waals surface area (Å²) < 4.78 is 10.7. The quantitative estimate of drug-likeness (QED) is 0.675. The van der Waals surface area contributed by atoms with E-state index in [1.165, 1.54) is 0 Å². The molecule has 3 aromatic carbocycles. The molecule has 0 atom stereocenters. The minimum atomic E-state index is 0.278. The summed E-state index contributed by atoms with van der Waals surface area (Å²) in [4.78, 5) is 10.6. The number of methoxy groups -OCH3 is 1. The Morgan fingerprint density at radius 1 is 0.923 bits per heavy atom. The normalized spacial score (nSPS) is 9.62. The first-order valence-corrected chi connectivity index (χ1v) is 8.00. The number of carbonyl (C=O) groups is 1. The number of aromatic hydroxyl groups is 1. The standard InChI is InChI=1S/C14H12O3.C7H9NO/c1-16-12-5-7-13(8-6-12)17-14-4-2-3-11(9-14)10-15;8-5-6-3-1-2-4-7(6)9/h2-10H,1H3;1-4,9H,5,8H2. The van der Waals surface area contributed by atoms with Crippen molar-refractivity contribution in [3.8, 4) is 23.0 Å². The Balaban J connectivity index is 0.000000228. The zero-order valence-corrected chi connectivity index (χ0v) is 14.5. The second-order valence-corrected chi connectivity index (χ2v) is 5.30. The van der Waals surface area contributed by atoms with Gasteiger partial charge in [0.05, 0.1) is 7.11 Å². The number of para-hydroxylation sites is 1. The Hall–Kier alpha value is -3.31. The predicted molar refractivity (Wildman–Crippen MR) is 101 cm³/mol. The Labute approximate surface area is 152 Å². The van der Waals surface area contributed by atoms with Crippen molar-refractivity contribution in [3.05, 3.63) is 83.9 Å². The number of carbonyl (C=O) groups excluding carboxylic acids is 1. The van der Waals surface area contributed by atoms with Gasteiger partial charge in [-0.1, -0.05) is 30.3 Å². The molecule has 0 aliphatic carbocycles. The van der Waals surface area contributed by atoms with Crippen molar-refractivity contribution in [1.29, 1.82) is 0 Å². The summed E-state index contributed by atoms with van der Waals surface area (Å²) in [6.07, 6.45) is 0.793. The lowest BCUT2D eigenvalue weighted by atomic mass is 10.2. The molecular weight excluding hydrogens is 330 g/mol. The van der Waals surface area contributed by atoms with Gasteiger partial charge < -0.3 is 20.3 Å². The SMILES string of the molecule is COc1ccc(Oc2cccc(C=O)c2)cc1.NCc1ccccc1O. The second kappa shape index (κ2) is 9.86. The van der Waals surface area contributed by atoms with Gasteiger partial charge in [-0.25, -0.2) is 0 Å². The van der Waals surface area contributed by atoms with Crippen LogP contribution in [-0.4, -0.2) is 18.5 Å². The van der Waals surface area contributed by atoms with Crippen molar-refractivity contribution in [2.75, 3.05) is 7.11 Å². The third-order valence-electron chi connectivity index (χ3n) is 3.50. The van der Waals surface area contributed by atoms with Crippen LogP contribution in [-0.2, 0) is 6.54 Å². The van der Waals surface area contributed by atoms with Crippen LogP contribution in [0.4, 0.5) is 0 Å².